The van der Waals surface area contributed by atoms with E-state index in [0.717, 1.165) is 25.2 Å². The lowest BCUT2D eigenvalue weighted by Crippen LogP contribution is -2.08. The molecule has 1 saturated heterocycles. The van der Waals surface area contributed by atoms with Crippen LogP contribution in [0.1, 0.15) is 16.8 Å². The fourth-order valence-electron chi connectivity index (χ4n) is 1.55. The van der Waals surface area contributed by atoms with Gasteiger partial charge in [0.2, 0.25) is 0 Å². The molecule has 15 heavy (non-hydrogen) atoms. The topological polar surface area (TPSA) is 26.3 Å². The van der Waals surface area contributed by atoms with Gasteiger partial charge in [0.05, 0.1) is 12.4 Å². The molecule has 3 heteroatoms. The average Bonchev–Trinajstić information content (AvgIpc) is 2.80. The molecule has 0 amide bonds. The average molecular weight is 222 g/mol. The van der Waals surface area contributed by atoms with Gasteiger partial charge < -0.3 is 4.74 Å². The van der Waals surface area contributed by atoms with Crippen LogP contribution in [-0.2, 0) is 4.74 Å². The Balaban J connectivity index is 1.82. The Bertz CT molecular complexity index is 318. The molecule has 2 nitrogen and oxygen atoms in total. The van der Waals surface area contributed by atoms with Gasteiger partial charge in [-0.1, -0.05) is 30.3 Å². The van der Waals surface area contributed by atoms with Crippen molar-refractivity contribution in [3.05, 3.63) is 35.9 Å². The van der Waals surface area contributed by atoms with Crippen LogP contribution < -0.4 is 0 Å². The lowest BCUT2D eigenvalue weighted by Gasteiger charge is -2.06. The minimum Gasteiger partial charge on any atom is -0.380 e. The molecule has 1 aromatic rings. The summed E-state index contributed by atoms with van der Waals surface area (Å²) in [6.45, 7) is 1.64. The molecular weight excluding hydrogens is 208 g/mol. The van der Waals surface area contributed by atoms with Crippen molar-refractivity contribution in [1.29, 1.82) is 0 Å². The van der Waals surface area contributed by atoms with Crippen molar-refractivity contribution < 1.29 is 9.53 Å². The van der Waals surface area contributed by atoms with Crippen LogP contribution in [-0.4, -0.2) is 30.0 Å². The molecule has 1 aliphatic rings. The number of ether oxygens (including phenoxy) is 1. The number of hydrogen-bond acceptors (Lipinski definition) is 3. The normalized spacial score (nSPS) is 20.4. The Morgan fingerprint density at radius 1 is 1.40 bits per heavy atom. The molecule has 1 aromatic carbocycles. The van der Waals surface area contributed by atoms with E-state index in [2.05, 4.69) is 0 Å². The lowest BCUT2D eigenvalue weighted by molar-refractivity contribution is 0.102. The number of benzene rings is 1. The molecule has 0 radical (unpaired) electrons. The van der Waals surface area contributed by atoms with Gasteiger partial charge in [-0.2, -0.15) is 0 Å². The van der Waals surface area contributed by atoms with Crippen LogP contribution in [0.4, 0.5) is 0 Å². The second-order valence-corrected chi connectivity index (χ2v) is 4.87. The van der Waals surface area contributed by atoms with Crippen molar-refractivity contribution in [3.63, 3.8) is 0 Å². The first-order chi connectivity index (χ1) is 7.36. The van der Waals surface area contributed by atoms with Gasteiger partial charge in [-0.05, 0) is 6.42 Å². The molecule has 0 aliphatic carbocycles. The standard InChI is InChI=1S/C12H14O2S/c13-12(10-4-2-1-3-5-10)9-15-11-6-7-14-8-11/h1-5,11H,6-9H2. The molecule has 1 heterocycles. The first-order valence-electron chi connectivity index (χ1n) is 5.14. The summed E-state index contributed by atoms with van der Waals surface area (Å²) in [5.41, 5.74) is 0.809. The number of Topliss-reactive ketones (excluding diaryl/α,β-unsaturated/α-hetero) is 1. The Morgan fingerprint density at radius 3 is 2.87 bits per heavy atom. The van der Waals surface area contributed by atoms with Gasteiger partial charge >= 0.3 is 0 Å². The highest BCUT2D eigenvalue weighted by Crippen LogP contribution is 2.21. The molecule has 1 aliphatic heterocycles. The van der Waals surface area contributed by atoms with E-state index in [1.165, 1.54) is 0 Å². The molecule has 1 unspecified atom stereocenters. The van der Waals surface area contributed by atoms with E-state index in [1.807, 2.05) is 30.3 Å². The maximum atomic E-state index is 11.7. The third-order valence-corrected chi connectivity index (χ3v) is 3.71. The molecular formula is C12H14O2S. The Morgan fingerprint density at radius 2 is 2.20 bits per heavy atom. The van der Waals surface area contributed by atoms with Crippen LogP contribution in [0.2, 0.25) is 0 Å². The van der Waals surface area contributed by atoms with E-state index >= 15 is 0 Å². The summed E-state index contributed by atoms with van der Waals surface area (Å²) >= 11 is 1.71. The molecule has 0 spiro atoms. The van der Waals surface area contributed by atoms with Crippen molar-refractivity contribution in [2.24, 2.45) is 0 Å². The zero-order valence-corrected chi connectivity index (χ0v) is 9.33. The summed E-state index contributed by atoms with van der Waals surface area (Å²) in [6, 6.07) is 9.46. The van der Waals surface area contributed by atoms with Gasteiger partial charge in [-0.3, -0.25) is 4.79 Å². The molecule has 1 atom stereocenters. The van der Waals surface area contributed by atoms with Gasteiger partial charge in [0.1, 0.15) is 0 Å². The molecule has 1 fully saturated rings. The SMILES string of the molecule is O=C(CSC1CCOC1)c1ccccc1. The van der Waals surface area contributed by atoms with Crippen LogP contribution >= 0.6 is 11.8 Å². The predicted molar refractivity (Wildman–Crippen MR) is 62.5 cm³/mol. The summed E-state index contributed by atoms with van der Waals surface area (Å²) in [5.74, 6) is 0.783. The summed E-state index contributed by atoms with van der Waals surface area (Å²) in [5, 5.41) is 0.512. The first kappa shape index (κ1) is 10.7. The van der Waals surface area contributed by atoms with Crippen molar-refractivity contribution in [1.82, 2.24) is 0 Å². The fraction of sp³-hybridized carbons (Fsp3) is 0.417. The van der Waals surface area contributed by atoms with Gasteiger partial charge in [0.15, 0.2) is 5.78 Å². The third kappa shape index (κ3) is 3.08. The maximum absolute atomic E-state index is 11.7. The summed E-state index contributed by atoms with van der Waals surface area (Å²) in [6.07, 6.45) is 1.08. The smallest absolute Gasteiger partial charge is 0.172 e. The summed E-state index contributed by atoms with van der Waals surface area (Å²) in [4.78, 5) is 11.7. The Hall–Kier alpha value is -0.800. The fourth-order valence-corrected chi connectivity index (χ4v) is 2.55. The molecule has 0 saturated carbocycles. The number of rotatable bonds is 4. The monoisotopic (exact) mass is 222 g/mol. The molecule has 80 valence electrons. The number of carbonyl (C=O) groups excluding carboxylic acids is 1. The highest BCUT2D eigenvalue weighted by molar-refractivity contribution is 8.00. The molecule has 2 rings (SSSR count). The van der Waals surface area contributed by atoms with Crippen molar-refractivity contribution in [3.8, 4) is 0 Å². The Kier molecular flexibility index (Phi) is 3.80. The van der Waals surface area contributed by atoms with Crippen molar-refractivity contribution in [2.45, 2.75) is 11.7 Å². The minimum atomic E-state index is 0.215. The molecule has 0 N–H and O–H groups in total. The maximum Gasteiger partial charge on any atom is 0.172 e. The van der Waals surface area contributed by atoms with Crippen molar-refractivity contribution >= 4 is 17.5 Å². The van der Waals surface area contributed by atoms with E-state index in [9.17, 15) is 4.79 Å². The zero-order chi connectivity index (χ0) is 10.5. The van der Waals surface area contributed by atoms with Crippen LogP contribution in [0, 0.1) is 0 Å². The summed E-state index contributed by atoms with van der Waals surface area (Å²) in [7, 11) is 0. The van der Waals surface area contributed by atoms with Gasteiger partial charge in [-0.25, -0.2) is 0 Å². The second-order valence-electron chi connectivity index (χ2n) is 3.59. The second kappa shape index (κ2) is 5.33. The van der Waals surface area contributed by atoms with E-state index in [4.69, 9.17) is 4.74 Å². The van der Waals surface area contributed by atoms with Crippen LogP contribution in [0.3, 0.4) is 0 Å². The summed E-state index contributed by atoms with van der Waals surface area (Å²) < 4.78 is 5.26. The predicted octanol–water partition coefficient (Wildman–Crippen LogP) is 2.39. The van der Waals surface area contributed by atoms with Crippen LogP contribution in [0.15, 0.2) is 30.3 Å². The quantitative estimate of drug-likeness (QED) is 0.732. The minimum absolute atomic E-state index is 0.215. The highest BCUT2D eigenvalue weighted by Gasteiger charge is 2.17. The van der Waals surface area contributed by atoms with E-state index in [0.29, 0.717) is 11.0 Å². The first-order valence-corrected chi connectivity index (χ1v) is 6.19. The lowest BCUT2D eigenvalue weighted by atomic mass is 10.2. The third-order valence-electron chi connectivity index (χ3n) is 2.43. The van der Waals surface area contributed by atoms with E-state index < -0.39 is 0 Å². The number of hydrogen-bond donors (Lipinski definition) is 0. The molecule has 0 bridgehead atoms. The van der Waals surface area contributed by atoms with Gasteiger partial charge in [-0.15, -0.1) is 11.8 Å². The van der Waals surface area contributed by atoms with Crippen molar-refractivity contribution in [2.75, 3.05) is 19.0 Å². The number of ketones is 1. The van der Waals surface area contributed by atoms with Crippen LogP contribution in [0.25, 0.3) is 0 Å². The number of carbonyl (C=O) groups is 1. The number of thioether (sulfide) groups is 1. The van der Waals surface area contributed by atoms with E-state index in [-0.39, 0.29) is 5.78 Å². The van der Waals surface area contributed by atoms with Crippen LogP contribution in [0.5, 0.6) is 0 Å². The van der Waals surface area contributed by atoms with Gasteiger partial charge in [0, 0.05) is 17.4 Å². The molecule has 0 aromatic heterocycles. The largest absolute Gasteiger partial charge is 0.380 e. The Labute approximate surface area is 94.0 Å². The van der Waals surface area contributed by atoms with E-state index in [1.54, 1.807) is 11.8 Å². The zero-order valence-electron chi connectivity index (χ0n) is 8.52. The van der Waals surface area contributed by atoms with Gasteiger partial charge in [0.25, 0.3) is 0 Å². The highest BCUT2D eigenvalue weighted by atomic mass is 32.2.